The molecule has 0 radical (unpaired) electrons. The summed E-state index contributed by atoms with van der Waals surface area (Å²) in [5, 5.41) is 0. The van der Waals surface area contributed by atoms with Crippen molar-refractivity contribution in [3.63, 3.8) is 0 Å². The molecule has 0 unspecified atom stereocenters. The van der Waals surface area contributed by atoms with Gasteiger partial charge in [0.25, 0.3) is 0 Å². The molecule has 4 heteroatoms. The molecular formula is C17H23NO3. The number of piperidine rings is 1. The number of carbonyl (C=O) groups is 2. The Morgan fingerprint density at radius 2 is 2.10 bits per heavy atom. The molecular weight excluding hydrogens is 266 g/mol. The van der Waals surface area contributed by atoms with Crippen LogP contribution in [0.1, 0.15) is 31.7 Å². The maximum atomic E-state index is 12.0. The lowest BCUT2D eigenvalue weighted by molar-refractivity contribution is -0.143. The predicted octanol–water partition coefficient (Wildman–Crippen LogP) is 2.42. The van der Waals surface area contributed by atoms with Gasteiger partial charge >= 0.3 is 5.97 Å². The molecule has 4 nitrogen and oxygen atoms in total. The van der Waals surface area contributed by atoms with Crippen LogP contribution in [0.2, 0.25) is 0 Å². The van der Waals surface area contributed by atoms with E-state index in [1.54, 1.807) is 6.92 Å². The number of nitrogens with zero attached hydrogens (tertiary/aromatic N) is 1. The van der Waals surface area contributed by atoms with Crippen molar-refractivity contribution in [3.05, 3.63) is 35.9 Å². The maximum absolute atomic E-state index is 12.0. The topological polar surface area (TPSA) is 46.6 Å². The van der Waals surface area contributed by atoms with Gasteiger partial charge in [0.2, 0.25) is 0 Å². The van der Waals surface area contributed by atoms with Gasteiger partial charge in [0.1, 0.15) is 5.78 Å². The molecule has 114 valence electrons. The molecule has 1 heterocycles. The number of carbonyl (C=O) groups excluding carboxylic acids is 2. The van der Waals surface area contributed by atoms with E-state index in [0.29, 0.717) is 25.9 Å². The lowest BCUT2D eigenvalue weighted by Gasteiger charge is -2.31. The van der Waals surface area contributed by atoms with Crippen molar-refractivity contribution in [1.82, 2.24) is 4.90 Å². The molecule has 1 aliphatic rings. The summed E-state index contributed by atoms with van der Waals surface area (Å²) in [5.74, 6) is 0.0426. The number of hydrogen-bond donors (Lipinski definition) is 0. The molecule has 0 bridgehead atoms. The van der Waals surface area contributed by atoms with Crippen LogP contribution in [-0.2, 0) is 20.9 Å². The first kappa shape index (κ1) is 15.7. The van der Waals surface area contributed by atoms with Crippen LogP contribution in [0, 0.1) is 5.92 Å². The van der Waals surface area contributed by atoms with Crippen LogP contribution in [-0.4, -0.2) is 36.3 Å². The van der Waals surface area contributed by atoms with Crippen molar-refractivity contribution in [1.29, 1.82) is 0 Å². The Kier molecular flexibility index (Phi) is 5.93. The third kappa shape index (κ3) is 4.97. The Labute approximate surface area is 126 Å². The van der Waals surface area contributed by atoms with E-state index >= 15 is 0 Å². The van der Waals surface area contributed by atoms with Crippen LogP contribution in [0.15, 0.2) is 30.3 Å². The van der Waals surface area contributed by atoms with E-state index in [2.05, 4.69) is 17.0 Å². The number of likely N-dealkylation sites (tertiary alicyclic amines) is 1. The van der Waals surface area contributed by atoms with E-state index in [1.807, 2.05) is 18.2 Å². The molecule has 0 spiro atoms. The first-order valence-electron chi connectivity index (χ1n) is 7.63. The summed E-state index contributed by atoms with van der Waals surface area (Å²) in [5.41, 5.74) is 1.26. The molecule has 1 aromatic rings. The molecule has 2 rings (SSSR count). The predicted molar refractivity (Wildman–Crippen MR) is 80.7 cm³/mol. The van der Waals surface area contributed by atoms with E-state index in [0.717, 1.165) is 19.6 Å². The van der Waals surface area contributed by atoms with Crippen molar-refractivity contribution in [2.24, 2.45) is 5.92 Å². The average Bonchev–Trinajstić information content (AvgIpc) is 2.49. The Morgan fingerprint density at radius 3 is 2.81 bits per heavy atom. The van der Waals surface area contributed by atoms with E-state index in [-0.39, 0.29) is 17.7 Å². The fraction of sp³-hybridized carbons (Fsp3) is 0.529. The van der Waals surface area contributed by atoms with Gasteiger partial charge in [0.15, 0.2) is 0 Å². The largest absolute Gasteiger partial charge is 0.466 e. The minimum absolute atomic E-state index is 0.0353. The molecule has 0 amide bonds. The summed E-state index contributed by atoms with van der Waals surface area (Å²) in [6.45, 7) is 4.61. The minimum atomic E-state index is -0.203. The van der Waals surface area contributed by atoms with E-state index in [9.17, 15) is 9.59 Å². The molecule has 1 fully saturated rings. The smallest absolute Gasteiger partial charge is 0.305 e. The first-order valence-corrected chi connectivity index (χ1v) is 7.63. The van der Waals surface area contributed by atoms with Crippen molar-refractivity contribution in [3.8, 4) is 0 Å². The van der Waals surface area contributed by atoms with Gasteiger partial charge in [-0.05, 0) is 18.9 Å². The van der Waals surface area contributed by atoms with Crippen molar-refractivity contribution in [2.75, 3.05) is 19.7 Å². The zero-order valence-electron chi connectivity index (χ0n) is 12.6. The highest BCUT2D eigenvalue weighted by Crippen LogP contribution is 2.20. The minimum Gasteiger partial charge on any atom is -0.466 e. The number of ether oxygens (including phenoxy) is 1. The lowest BCUT2D eigenvalue weighted by Crippen LogP contribution is -2.40. The number of benzene rings is 1. The molecule has 1 saturated heterocycles. The van der Waals surface area contributed by atoms with Crippen molar-refractivity contribution >= 4 is 11.8 Å². The molecule has 21 heavy (non-hydrogen) atoms. The van der Waals surface area contributed by atoms with Crippen LogP contribution in [0.5, 0.6) is 0 Å². The van der Waals surface area contributed by atoms with Gasteiger partial charge in [-0.15, -0.1) is 0 Å². The fourth-order valence-electron chi connectivity index (χ4n) is 2.74. The molecule has 0 saturated carbocycles. The van der Waals surface area contributed by atoms with Crippen LogP contribution in [0.4, 0.5) is 0 Å². The van der Waals surface area contributed by atoms with Gasteiger partial charge in [-0.1, -0.05) is 30.3 Å². The zero-order chi connectivity index (χ0) is 15.1. The third-order valence-electron chi connectivity index (χ3n) is 3.86. The Hall–Kier alpha value is -1.68. The highest BCUT2D eigenvalue weighted by molar-refractivity contribution is 5.82. The van der Waals surface area contributed by atoms with Crippen LogP contribution < -0.4 is 0 Å². The monoisotopic (exact) mass is 289 g/mol. The maximum Gasteiger partial charge on any atom is 0.305 e. The summed E-state index contributed by atoms with van der Waals surface area (Å²) < 4.78 is 4.93. The Balaban J connectivity index is 1.84. The second kappa shape index (κ2) is 7.93. The molecule has 1 atom stereocenters. The third-order valence-corrected chi connectivity index (χ3v) is 3.86. The Morgan fingerprint density at radius 1 is 1.33 bits per heavy atom. The van der Waals surface area contributed by atoms with Gasteiger partial charge < -0.3 is 4.74 Å². The van der Waals surface area contributed by atoms with Crippen LogP contribution >= 0.6 is 0 Å². The van der Waals surface area contributed by atoms with E-state index in [1.165, 1.54) is 5.56 Å². The summed E-state index contributed by atoms with van der Waals surface area (Å²) in [4.78, 5) is 25.7. The van der Waals surface area contributed by atoms with Gasteiger partial charge in [-0.2, -0.15) is 0 Å². The standard InChI is InChI=1S/C17H23NO3/c1-2-21-17(20)9-8-15-13-18(11-10-16(15)19)12-14-6-4-3-5-7-14/h3-7,15H,2,8-13H2,1H3/t15-/m1/s1. The molecule has 1 aromatic carbocycles. The first-order chi connectivity index (χ1) is 10.2. The van der Waals surface area contributed by atoms with Gasteiger partial charge in [0.05, 0.1) is 6.61 Å². The van der Waals surface area contributed by atoms with Crippen molar-refractivity contribution in [2.45, 2.75) is 32.7 Å². The SMILES string of the molecule is CCOC(=O)CC[C@@H]1CN(Cc2ccccc2)CCC1=O. The lowest BCUT2D eigenvalue weighted by atomic mass is 9.91. The highest BCUT2D eigenvalue weighted by atomic mass is 16.5. The van der Waals surface area contributed by atoms with Gasteiger partial charge in [-0.3, -0.25) is 14.5 Å². The van der Waals surface area contributed by atoms with Crippen molar-refractivity contribution < 1.29 is 14.3 Å². The number of rotatable bonds is 6. The normalized spacial score (nSPS) is 19.5. The summed E-state index contributed by atoms with van der Waals surface area (Å²) >= 11 is 0. The second-order valence-electron chi connectivity index (χ2n) is 5.48. The number of esters is 1. The highest BCUT2D eigenvalue weighted by Gasteiger charge is 2.27. The summed E-state index contributed by atoms with van der Waals surface area (Å²) in [6, 6.07) is 10.3. The number of ketones is 1. The zero-order valence-corrected chi connectivity index (χ0v) is 12.6. The molecule has 0 N–H and O–H groups in total. The van der Waals surface area contributed by atoms with Crippen LogP contribution in [0.3, 0.4) is 0 Å². The van der Waals surface area contributed by atoms with E-state index < -0.39 is 0 Å². The Bertz CT molecular complexity index is 472. The molecule has 1 aliphatic heterocycles. The quantitative estimate of drug-likeness (QED) is 0.755. The average molecular weight is 289 g/mol. The summed E-state index contributed by atoms with van der Waals surface area (Å²) in [6.07, 6.45) is 1.52. The molecule has 0 aliphatic carbocycles. The molecule has 0 aromatic heterocycles. The van der Waals surface area contributed by atoms with E-state index in [4.69, 9.17) is 4.74 Å². The summed E-state index contributed by atoms with van der Waals surface area (Å²) in [7, 11) is 0. The van der Waals surface area contributed by atoms with Crippen LogP contribution in [0.25, 0.3) is 0 Å². The van der Waals surface area contributed by atoms with Gasteiger partial charge in [-0.25, -0.2) is 0 Å². The van der Waals surface area contributed by atoms with Gasteiger partial charge in [0, 0.05) is 38.4 Å². The fourth-order valence-corrected chi connectivity index (χ4v) is 2.74. The number of Topliss-reactive ketones (excluding diaryl/α,β-unsaturated/α-hetero) is 1. The number of hydrogen-bond acceptors (Lipinski definition) is 4. The second-order valence-corrected chi connectivity index (χ2v) is 5.48.